The predicted molar refractivity (Wildman–Crippen MR) is 119 cm³/mol. The average Bonchev–Trinajstić information content (AvgIpc) is 3.18. The van der Waals surface area contributed by atoms with Crippen LogP contribution in [0, 0.1) is 11.6 Å². The molecule has 2 aromatic carbocycles. The summed E-state index contributed by atoms with van der Waals surface area (Å²) in [5.74, 6) is -3.99. The molecule has 0 saturated carbocycles. The molecule has 0 radical (unpaired) electrons. The summed E-state index contributed by atoms with van der Waals surface area (Å²) in [5, 5.41) is 16.0. The zero-order valence-corrected chi connectivity index (χ0v) is 19.2. The molecule has 8 nitrogen and oxygen atoms in total. The number of benzene rings is 2. The molecular weight excluding hydrogens is 492 g/mol. The minimum atomic E-state index is -3.82. The van der Waals surface area contributed by atoms with E-state index in [4.69, 9.17) is 21.4 Å². The third kappa shape index (κ3) is 5.06. The quantitative estimate of drug-likeness (QED) is 0.468. The van der Waals surface area contributed by atoms with Gasteiger partial charge in [0.2, 0.25) is 0 Å². The van der Waals surface area contributed by atoms with Crippen LogP contribution in [-0.2, 0) is 27.6 Å². The Morgan fingerprint density at radius 1 is 1.26 bits per heavy atom. The van der Waals surface area contributed by atoms with Crippen LogP contribution in [0.15, 0.2) is 47.5 Å². The summed E-state index contributed by atoms with van der Waals surface area (Å²) in [4.78, 5) is 10.9. The standard InChI is InChI=1S/C22H20ClF2N3O5S/c23-15-9-13(7-8-20(15)33-22-16(24)3-1-4-17(22)25)34(31,32)12-26-18-5-2-6-19-14(18)10-27-28(19)11-21(29)30/h1,3-4,7-10,18,26H,2,5-6,11-12H2,(H,29,30)/t18-/m1/s1. The number of para-hydroxylation sites is 1. The van der Waals surface area contributed by atoms with Crippen molar-refractivity contribution in [3.63, 3.8) is 0 Å². The fourth-order valence-corrected chi connectivity index (χ4v) is 5.28. The van der Waals surface area contributed by atoms with Crippen LogP contribution in [-0.4, -0.2) is 35.2 Å². The number of halogens is 3. The number of carboxylic acids is 1. The minimum absolute atomic E-state index is 0.0936. The second kappa shape index (κ2) is 9.69. The number of rotatable bonds is 8. The molecule has 4 rings (SSSR count). The first-order valence-corrected chi connectivity index (χ1v) is 12.3. The van der Waals surface area contributed by atoms with Gasteiger partial charge in [0.15, 0.2) is 27.2 Å². The highest BCUT2D eigenvalue weighted by Crippen LogP contribution is 2.34. The van der Waals surface area contributed by atoms with Crippen molar-refractivity contribution in [3.05, 3.63) is 70.5 Å². The fourth-order valence-electron chi connectivity index (χ4n) is 3.84. The van der Waals surface area contributed by atoms with Gasteiger partial charge >= 0.3 is 5.97 Å². The van der Waals surface area contributed by atoms with E-state index in [2.05, 4.69) is 10.4 Å². The summed E-state index contributed by atoms with van der Waals surface area (Å²) in [6.45, 7) is -0.260. The van der Waals surface area contributed by atoms with Gasteiger partial charge in [0.05, 0.1) is 16.1 Å². The van der Waals surface area contributed by atoms with Crippen molar-refractivity contribution < 1.29 is 31.8 Å². The van der Waals surface area contributed by atoms with Gasteiger partial charge in [-0.1, -0.05) is 17.7 Å². The molecule has 1 aliphatic carbocycles. The number of aromatic nitrogens is 2. The summed E-state index contributed by atoms with van der Waals surface area (Å²) < 4.78 is 60.1. The predicted octanol–water partition coefficient (Wildman–Crippen LogP) is 4.09. The summed E-state index contributed by atoms with van der Waals surface area (Å²) >= 11 is 6.14. The van der Waals surface area contributed by atoms with Crippen molar-refractivity contribution in [2.75, 3.05) is 5.88 Å². The van der Waals surface area contributed by atoms with Crippen LogP contribution < -0.4 is 10.1 Å². The molecule has 12 heteroatoms. The van der Waals surface area contributed by atoms with Gasteiger partial charge in [0, 0.05) is 17.3 Å². The molecule has 34 heavy (non-hydrogen) atoms. The molecular formula is C22H20ClF2N3O5S. The molecule has 0 bridgehead atoms. The minimum Gasteiger partial charge on any atom is -0.480 e. The second-order valence-corrected chi connectivity index (χ2v) is 10.1. The summed E-state index contributed by atoms with van der Waals surface area (Å²) in [7, 11) is -3.82. The maximum atomic E-state index is 13.8. The van der Waals surface area contributed by atoms with Gasteiger partial charge in [-0.2, -0.15) is 5.10 Å². The number of carbonyl (C=O) groups is 1. The number of nitrogens with one attached hydrogen (secondary N) is 1. The topological polar surface area (TPSA) is 111 Å². The van der Waals surface area contributed by atoms with Gasteiger partial charge in [-0.05, 0) is 49.6 Å². The normalized spacial score (nSPS) is 15.7. The van der Waals surface area contributed by atoms with Crippen molar-refractivity contribution >= 4 is 27.4 Å². The maximum Gasteiger partial charge on any atom is 0.325 e. The van der Waals surface area contributed by atoms with Crippen LogP contribution in [0.4, 0.5) is 8.78 Å². The molecule has 1 aliphatic rings. The Morgan fingerprint density at radius 2 is 2.00 bits per heavy atom. The molecule has 0 spiro atoms. The van der Waals surface area contributed by atoms with E-state index in [1.165, 1.54) is 22.9 Å². The van der Waals surface area contributed by atoms with Crippen molar-refractivity contribution in [1.29, 1.82) is 0 Å². The number of carboxylic acid groups (broad SMARTS) is 1. The molecule has 3 aromatic rings. The Bertz CT molecular complexity index is 1330. The van der Waals surface area contributed by atoms with Crippen LogP contribution in [0.3, 0.4) is 0 Å². The van der Waals surface area contributed by atoms with E-state index in [1.807, 2.05) is 0 Å². The lowest BCUT2D eigenvalue weighted by molar-refractivity contribution is -0.137. The summed E-state index contributed by atoms with van der Waals surface area (Å²) in [6.07, 6.45) is 3.64. The monoisotopic (exact) mass is 511 g/mol. The first kappa shape index (κ1) is 24.1. The first-order valence-electron chi connectivity index (χ1n) is 10.3. The number of sulfone groups is 1. The Kier molecular flexibility index (Phi) is 6.87. The molecule has 0 fully saturated rings. The number of hydrogen-bond donors (Lipinski definition) is 2. The van der Waals surface area contributed by atoms with E-state index in [1.54, 1.807) is 6.20 Å². The Hall–Kier alpha value is -3.02. The number of fused-ring (bicyclic) bond motifs is 1. The number of hydrogen-bond acceptors (Lipinski definition) is 6. The molecule has 0 amide bonds. The van der Waals surface area contributed by atoms with Crippen molar-refractivity contribution in [2.45, 2.75) is 36.7 Å². The first-order chi connectivity index (χ1) is 16.2. The lowest BCUT2D eigenvalue weighted by atomic mass is 9.93. The van der Waals surface area contributed by atoms with Crippen molar-refractivity contribution in [3.8, 4) is 11.5 Å². The van der Waals surface area contributed by atoms with Gasteiger partial charge in [0.25, 0.3) is 0 Å². The zero-order chi connectivity index (χ0) is 24.5. The van der Waals surface area contributed by atoms with Gasteiger partial charge in [-0.3, -0.25) is 14.8 Å². The van der Waals surface area contributed by atoms with Crippen LogP contribution in [0.2, 0.25) is 5.02 Å². The van der Waals surface area contributed by atoms with E-state index >= 15 is 0 Å². The summed E-state index contributed by atoms with van der Waals surface area (Å²) in [5.41, 5.74) is 1.55. The third-order valence-electron chi connectivity index (χ3n) is 5.46. The third-order valence-corrected chi connectivity index (χ3v) is 7.28. The smallest absolute Gasteiger partial charge is 0.325 e. The lowest BCUT2D eigenvalue weighted by Crippen LogP contribution is -2.30. The molecule has 0 saturated heterocycles. The molecule has 1 aromatic heterocycles. The van der Waals surface area contributed by atoms with E-state index in [-0.39, 0.29) is 28.3 Å². The fraction of sp³-hybridized carbons (Fsp3) is 0.273. The van der Waals surface area contributed by atoms with Gasteiger partial charge in [-0.15, -0.1) is 0 Å². The van der Waals surface area contributed by atoms with E-state index in [0.717, 1.165) is 35.9 Å². The number of nitrogens with zero attached hydrogens (tertiary/aromatic N) is 2. The molecule has 1 heterocycles. The van der Waals surface area contributed by atoms with Crippen LogP contribution in [0.1, 0.15) is 30.1 Å². The Labute approximate surface area is 199 Å². The molecule has 1 atom stereocenters. The van der Waals surface area contributed by atoms with Crippen LogP contribution in [0.25, 0.3) is 0 Å². The van der Waals surface area contributed by atoms with Gasteiger partial charge < -0.3 is 9.84 Å². The van der Waals surface area contributed by atoms with Crippen molar-refractivity contribution in [1.82, 2.24) is 15.1 Å². The molecule has 2 N–H and O–H groups in total. The van der Waals surface area contributed by atoms with Gasteiger partial charge in [0.1, 0.15) is 18.2 Å². The van der Waals surface area contributed by atoms with Crippen LogP contribution in [0.5, 0.6) is 11.5 Å². The van der Waals surface area contributed by atoms with E-state index in [0.29, 0.717) is 12.8 Å². The second-order valence-electron chi connectivity index (χ2n) is 7.75. The highest BCUT2D eigenvalue weighted by Gasteiger charge is 2.27. The SMILES string of the molecule is O=C(O)Cn1ncc2c1CCC[C@H]2NCS(=O)(=O)c1ccc(Oc2c(F)cccc2F)c(Cl)c1. The molecule has 0 aliphatic heterocycles. The molecule has 180 valence electrons. The largest absolute Gasteiger partial charge is 0.480 e. The maximum absolute atomic E-state index is 13.8. The van der Waals surface area contributed by atoms with E-state index < -0.39 is 39.1 Å². The summed E-state index contributed by atoms with van der Waals surface area (Å²) in [6, 6.07) is 6.57. The van der Waals surface area contributed by atoms with Gasteiger partial charge in [-0.25, -0.2) is 17.2 Å². The lowest BCUT2D eigenvalue weighted by Gasteiger charge is -2.24. The Balaban J connectivity index is 1.48. The average molecular weight is 512 g/mol. The van der Waals surface area contributed by atoms with E-state index in [9.17, 15) is 22.0 Å². The Morgan fingerprint density at radius 3 is 2.68 bits per heavy atom. The highest BCUT2D eigenvalue weighted by atomic mass is 35.5. The molecule has 0 unspecified atom stereocenters. The van der Waals surface area contributed by atoms with Crippen LogP contribution >= 0.6 is 11.6 Å². The number of ether oxygens (including phenoxy) is 1. The zero-order valence-electron chi connectivity index (χ0n) is 17.7. The number of aliphatic carboxylic acids is 1. The van der Waals surface area contributed by atoms with Crippen molar-refractivity contribution in [2.24, 2.45) is 0 Å². The highest BCUT2D eigenvalue weighted by molar-refractivity contribution is 7.91.